The Hall–Kier alpha value is -1.63. The molecule has 0 saturated heterocycles. The van der Waals surface area contributed by atoms with E-state index in [1.165, 1.54) is 6.07 Å². The van der Waals surface area contributed by atoms with Crippen LogP contribution in [0.25, 0.3) is 0 Å². The molecule has 0 fully saturated rings. The lowest BCUT2D eigenvalue weighted by Gasteiger charge is -2.08. The molecule has 16 heavy (non-hydrogen) atoms. The zero-order valence-electron chi connectivity index (χ0n) is 8.03. The number of halogens is 3. The maximum atomic E-state index is 12.1. The predicted molar refractivity (Wildman–Crippen MR) is 48.6 cm³/mol. The van der Waals surface area contributed by atoms with Gasteiger partial charge in [-0.3, -0.25) is 9.78 Å². The van der Waals surface area contributed by atoms with Crippen molar-refractivity contribution in [3.8, 4) is 0 Å². The van der Waals surface area contributed by atoms with Gasteiger partial charge in [-0.1, -0.05) is 6.07 Å². The first-order chi connectivity index (χ1) is 7.30. The molecule has 0 amide bonds. The molecule has 7 heteroatoms. The lowest BCUT2D eigenvalue weighted by atomic mass is 10.1. The number of aromatic nitrogens is 1. The third kappa shape index (κ3) is 3.20. The Morgan fingerprint density at radius 3 is 2.50 bits per heavy atom. The standard InChI is InChI=1S/C9H9F3N2O2/c10-9(11,12)7-2-1-5(4-14-7)3-6(13)8(15)16/h1-2,4,6H,3,13H2,(H,15,16). The summed E-state index contributed by atoms with van der Waals surface area (Å²) in [6.07, 6.45) is -3.57. The van der Waals surface area contributed by atoms with E-state index in [1.54, 1.807) is 0 Å². The number of aliphatic carboxylic acids is 1. The van der Waals surface area contributed by atoms with Crippen LogP contribution in [0.2, 0.25) is 0 Å². The number of alkyl halides is 3. The lowest BCUT2D eigenvalue weighted by Crippen LogP contribution is -2.32. The Bertz CT molecular complexity index is 375. The Morgan fingerprint density at radius 1 is 1.50 bits per heavy atom. The smallest absolute Gasteiger partial charge is 0.433 e. The maximum absolute atomic E-state index is 12.1. The van der Waals surface area contributed by atoms with Crippen molar-refractivity contribution < 1.29 is 23.1 Å². The first-order valence-electron chi connectivity index (χ1n) is 4.31. The molecule has 0 aliphatic carbocycles. The van der Waals surface area contributed by atoms with Crippen LogP contribution in [0.15, 0.2) is 18.3 Å². The van der Waals surface area contributed by atoms with Gasteiger partial charge in [0, 0.05) is 6.20 Å². The van der Waals surface area contributed by atoms with E-state index in [9.17, 15) is 18.0 Å². The average Bonchev–Trinajstić information content (AvgIpc) is 2.17. The fraction of sp³-hybridized carbons (Fsp3) is 0.333. The number of nitrogens with zero attached hydrogens (tertiary/aromatic N) is 1. The van der Waals surface area contributed by atoms with E-state index in [1.807, 2.05) is 0 Å². The van der Waals surface area contributed by atoms with Crippen molar-refractivity contribution in [3.05, 3.63) is 29.6 Å². The number of carboxylic acid groups (broad SMARTS) is 1. The molecule has 1 atom stereocenters. The second kappa shape index (κ2) is 4.48. The summed E-state index contributed by atoms with van der Waals surface area (Å²) in [4.78, 5) is 13.6. The van der Waals surface area contributed by atoms with Crippen molar-refractivity contribution in [2.45, 2.75) is 18.6 Å². The lowest BCUT2D eigenvalue weighted by molar-refractivity contribution is -0.141. The minimum Gasteiger partial charge on any atom is -0.480 e. The van der Waals surface area contributed by atoms with Crippen LogP contribution in [0, 0.1) is 0 Å². The van der Waals surface area contributed by atoms with E-state index in [2.05, 4.69) is 4.98 Å². The van der Waals surface area contributed by atoms with Gasteiger partial charge in [-0.25, -0.2) is 0 Å². The first kappa shape index (κ1) is 12.4. The predicted octanol–water partition coefficient (Wildman–Crippen LogP) is 1.05. The molecule has 88 valence electrons. The van der Waals surface area contributed by atoms with E-state index in [0.29, 0.717) is 5.56 Å². The van der Waals surface area contributed by atoms with E-state index < -0.39 is 23.9 Å². The number of hydrogen-bond acceptors (Lipinski definition) is 3. The summed E-state index contributed by atoms with van der Waals surface area (Å²) in [6, 6.07) is 0.821. The quantitative estimate of drug-likeness (QED) is 0.819. The SMILES string of the molecule is NC(Cc1ccc(C(F)(F)F)nc1)C(=O)O. The second-order valence-electron chi connectivity index (χ2n) is 3.20. The van der Waals surface area contributed by atoms with Gasteiger partial charge in [0.1, 0.15) is 11.7 Å². The largest absolute Gasteiger partial charge is 0.480 e. The van der Waals surface area contributed by atoms with Gasteiger partial charge >= 0.3 is 12.1 Å². The van der Waals surface area contributed by atoms with Crippen molar-refractivity contribution in [3.63, 3.8) is 0 Å². The van der Waals surface area contributed by atoms with E-state index >= 15 is 0 Å². The molecule has 1 rings (SSSR count). The van der Waals surface area contributed by atoms with Gasteiger partial charge < -0.3 is 10.8 Å². The van der Waals surface area contributed by atoms with Crippen molar-refractivity contribution in [1.82, 2.24) is 4.98 Å². The van der Waals surface area contributed by atoms with Crippen LogP contribution >= 0.6 is 0 Å². The van der Waals surface area contributed by atoms with Crippen LogP contribution in [0.4, 0.5) is 13.2 Å². The summed E-state index contributed by atoms with van der Waals surface area (Å²) >= 11 is 0. The third-order valence-electron chi connectivity index (χ3n) is 1.89. The Labute approximate surface area is 88.9 Å². The number of carboxylic acids is 1. The molecule has 4 nitrogen and oxygen atoms in total. The summed E-state index contributed by atoms with van der Waals surface area (Å²) in [5.41, 5.74) is 4.56. The second-order valence-corrected chi connectivity index (χ2v) is 3.20. The van der Waals surface area contributed by atoms with Gasteiger partial charge in [0.25, 0.3) is 0 Å². The Morgan fingerprint density at radius 2 is 2.12 bits per heavy atom. The Kier molecular flexibility index (Phi) is 3.48. The normalized spacial score (nSPS) is 13.5. The fourth-order valence-electron chi connectivity index (χ4n) is 1.05. The summed E-state index contributed by atoms with van der Waals surface area (Å²) in [5, 5.41) is 8.50. The fourth-order valence-corrected chi connectivity index (χ4v) is 1.05. The van der Waals surface area contributed by atoms with Crippen LogP contribution < -0.4 is 5.73 Å². The molecular formula is C9H9F3N2O2. The van der Waals surface area contributed by atoms with Gasteiger partial charge in [0.15, 0.2) is 0 Å². The van der Waals surface area contributed by atoms with Gasteiger partial charge in [0.2, 0.25) is 0 Å². The van der Waals surface area contributed by atoms with Crippen molar-refractivity contribution in [2.24, 2.45) is 5.73 Å². The minimum atomic E-state index is -4.49. The molecule has 0 radical (unpaired) electrons. The van der Waals surface area contributed by atoms with Crippen molar-refractivity contribution >= 4 is 5.97 Å². The molecule has 1 aromatic rings. The molecule has 0 aliphatic heterocycles. The maximum Gasteiger partial charge on any atom is 0.433 e. The monoisotopic (exact) mass is 234 g/mol. The molecule has 1 unspecified atom stereocenters. The van der Waals surface area contributed by atoms with Gasteiger partial charge in [-0.05, 0) is 18.1 Å². The van der Waals surface area contributed by atoms with Crippen LogP contribution in [-0.2, 0) is 17.4 Å². The zero-order valence-corrected chi connectivity index (χ0v) is 8.03. The number of carbonyl (C=O) groups is 1. The van der Waals surface area contributed by atoms with E-state index in [4.69, 9.17) is 10.8 Å². The minimum absolute atomic E-state index is 0.0551. The van der Waals surface area contributed by atoms with E-state index in [-0.39, 0.29) is 6.42 Å². The molecule has 1 heterocycles. The highest BCUT2D eigenvalue weighted by Crippen LogP contribution is 2.27. The summed E-state index contributed by atoms with van der Waals surface area (Å²) in [5.74, 6) is -1.21. The van der Waals surface area contributed by atoms with Crippen molar-refractivity contribution in [2.75, 3.05) is 0 Å². The molecule has 3 N–H and O–H groups in total. The summed E-state index contributed by atoms with van der Waals surface area (Å²) in [7, 11) is 0. The topological polar surface area (TPSA) is 76.2 Å². The van der Waals surface area contributed by atoms with Crippen molar-refractivity contribution in [1.29, 1.82) is 0 Å². The zero-order chi connectivity index (χ0) is 12.3. The molecule has 1 aromatic heterocycles. The van der Waals surface area contributed by atoms with Crippen LogP contribution in [-0.4, -0.2) is 22.1 Å². The number of rotatable bonds is 3. The number of hydrogen-bond donors (Lipinski definition) is 2. The van der Waals surface area contributed by atoms with Crippen LogP contribution in [0.3, 0.4) is 0 Å². The van der Waals surface area contributed by atoms with Gasteiger partial charge in [0.05, 0.1) is 0 Å². The molecule has 0 saturated carbocycles. The summed E-state index contributed by atoms with van der Waals surface area (Å²) < 4.78 is 36.4. The molecular weight excluding hydrogens is 225 g/mol. The van der Waals surface area contributed by atoms with Gasteiger partial charge in [-0.2, -0.15) is 13.2 Å². The first-order valence-corrected chi connectivity index (χ1v) is 4.31. The molecule has 0 spiro atoms. The molecule has 0 aromatic carbocycles. The number of nitrogens with two attached hydrogens (primary N) is 1. The number of pyridine rings is 1. The highest BCUT2D eigenvalue weighted by atomic mass is 19.4. The average molecular weight is 234 g/mol. The van der Waals surface area contributed by atoms with E-state index in [0.717, 1.165) is 12.3 Å². The van der Waals surface area contributed by atoms with Crippen LogP contribution in [0.5, 0.6) is 0 Å². The van der Waals surface area contributed by atoms with Crippen LogP contribution in [0.1, 0.15) is 11.3 Å². The third-order valence-corrected chi connectivity index (χ3v) is 1.89. The Balaban J connectivity index is 2.76. The highest BCUT2D eigenvalue weighted by Gasteiger charge is 2.32. The summed E-state index contributed by atoms with van der Waals surface area (Å²) in [6.45, 7) is 0. The van der Waals surface area contributed by atoms with Gasteiger partial charge in [-0.15, -0.1) is 0 Å². The molecule has 0 aliphatic rings. The molecule has 0 bridgehead atoms. The highest BCUT2D eigenvalue weighted by molar-refractivity contribution is 5.73.